The van der Waals surface area contributed by atoms with Gasteiger partial charge in [-0.25, -0.2) is 0 Å². The molecule has 1 aromatic carbocycles. The topological polar surface area (TPSA) is 20.3 Å². The van der Waals surface area contributed by atoms with Gasteiger partial charge < -0.3 is 4.90 Å². The van der Waals surface area contributed by atoms with Crippen LogP contribution in [0.4, 0.5) is 0 Å². The number of amides is 1. The zero-order valence-electron chi connectivity index (χ0n) is 9.24. The van der Waals surface area contributed by atoms with E-state index in [0.29, 0.717) is 17.0 Å². The van der Waals surface area contributed by atoms with Crippen LogP contribution in [0.3, 0.4) is 0 Å². The van der Waals surface area contributed by atoms with Crippen molar-refractivity contribution in [3.05, 3.63) is 34.3 Å². The van der Waals surface area contributed by atoms with Crippen molar-refractivity contribution in [3.8, 4) is 0 Å². The van der Waals surface area contributed by atoms with Crippen molar-refractivity contribution in [2.45, 2.75) is 32.4 Å². The molecule has 0 N–H and O–H groups in total. The third-order valence-corrected chi connectivity index (χ3v) is 4.03. The van der Waals surface area contributed by atoms with Crippen LogP contribution in [0, 0.1) is 5.92 Å². The average molecular weight is 236 g/mol. The highest BCUT2D eigenvalue weighted by atomic mass is 35.5. The number of benzene rings is 1. The Bertz CT molecular complexity index is 453. The van der Waals surface area contributed by atoms with E-state index in [2.05, 4.69) is 6.92 Å². The summed E-state index contributed by atoms with van der Waals surface area (Å²) in [5, 5.41) is 0.591. The normalized spacial score (nSPS) is 21.1. The standard InChI is InChI=1S/C13H14ClNO/c1-8(9-5-6-9)15-7-10-3-2-4-11(14)12(10)13(15)16/h2-4,8-9H,5-7H2,1H3/t8-/m0/s1. The second-order valence-electron chi connectivity index (χ2n) is 4.79. The Morgan fingerprint density at radius 1 is 1.44 bits per heavy atom. The summed E-state index contributed by atoms with van der Waals surface area (Å²) in [5.41, 5.74) is 1.79. The van der Waals surface area contributed by atoms with Crippen molar-refractivity contribution in [3.63, 3.8) is 0 Å². The Kier molecular flexibility index (Phi) is 2.21. The predicted molar refractivity (Wildman–Crippen MR) is 63.5 cm³/mol. The minimum Gasteiger partial charge on any atom is -0.331 e. The van der Waals surface area contributed by atoms with Crippen molar-refractivity contribution < 1.29 is 4.79 Å². The molecule has 1 fully saturated rings. The second kappa shape index (κ2) is 3.49. The third kappa shape index (κ3) is 1.44. The van der Waals surface area contributed by atoms with Gasteiger partial charge in [-0.1, -0.05) is 23.7 Å². The van der Waals surface area contributed by atoms with Gasteiger partial charge in [0.2, 0.25) is 0 Å². The number of halogens is 1. The molecule has 0 radical (unpaired) electrons. The Morgan fingerprint density at radius 3 is 2.81 bits per heavy atom. The number of carbonyl (C=O) groups is 1. The fourth-order valence-electron chi connectivity index (χ4n) is 2.50. The summed E-state index contributed by atoms with van der Waals surface area (Å²) in [4.78, 5) is 14.2. The van der Waals surface area contributed by atoms with Crippen LogP contribution in [0.15, 0.2) is 18.2 Å². The van der Waals surface area contributed by atoms with E-state index < -0.39 is 0 Å². The maximum atomic E-state index is 12.2. The van der Waals surface area contributed by atoms with Gasteiger partial charge in [-0.05, 0) is 37.3 Å². The lowest BCUT2D eigenvalue weighted by molar-refractivity contribution is 0.0697. The van der Waals surface area contributed by atoms with Gasteiger partial charge in [0, 0.05) is 12.6 Å². The molecule has 0 aromatic heterocycles. The van der Waals surface area contributed by atoms with Gasteiger partial charge in [0.05, 0.1) is 10.6 Å². The van der Waals surface area contributed by atoms with Gasteiger partial charge in [0.15, 0.2) is 0 Å². The molecule has 0 bridgehead atoms. The van der Waals surface area contributed by atoms with Gasteiger partial charge in [-0.3, -0.25) is 4.79 Å². The zero-order chi connectivity index (χ0) is 11.3. The van der Waals surface area contributed by atoms with E-state index in [1.54, 1.807) is 6.07 Å². The molecule has 1 amide bonds. The SMILES string of the molecule is C[C@@H](C1CC1)N1Cc2cccc(Cl)c2C1=O. The van der Waals surface area contributed by atoms with E-state index in [1.807, 2.05) is 17.0 Å². The molecule has 1 aromatic rings. The molecule has 1 aliphatic carbocycles. The van der Waals surface area contributed by atoms with Crippen molar-refractivity contribution in [2.24, 2.45) is 5.92 Å². The van der Waals surface area contributed by atoms with Crippen LogP contribution in [0.5, 0.6) is 0 Å². The first kappa shape index (κ1) is 10.2. The summed E-state index contributed by atoms with van der Waals surface area (Å²) in [5.74, 6) is 0.817. The van der Waals surface area contributed by atoms with Crippen LogP contribution in [0.25, 0.3) is 0 Å². The first-order valence-electron chi connectivity index (χ1n) is 5.77. The van der Waals surface area contributed by atoms with E-state index in [4.69, 9.17) is 11.6 Å². The molecular formula is C13H14ClNO. The number of fused-ring (bicyclic) bond motifs is 1. The Balaban J connectivity index is 1.94. The quantitative estimate of drug-likeness (QED) is 0.772. The summed E-state index contributed by atoms with van der Waals surface area (Å²) in [7, 11) is 0. The highest BCUT2D eigenvalue weighted by Crippen LogP contribution is 2.39. The Labute approximate surface area is 100 Å². The summed E-state index contributed by atoms with van der Waals surface area (Å²) in [6, 6.07) is 6.07. The van der Waals surface area contributed by atoms with E-state index in [0.717, 1.165) is 17.7 Å². The van der Waals surface area contributed by atoms with Crippen molar-refractivity contribution in [1.82, 2.24) is 4.90 Å². The van der Waals surface area contributed by atoms with Crippen molar-refractivity contribution in [1.29, 1.82) is 0 Å². The van der Waals surface area contributed by atoms with E-state index in [1.165, 1.54) is 12.8 Å². The Hall–Kier alpha value is -1.02. The molecule has 0 spiro atoms. The lowest BCUT2D eigenvalue weighted by Crippen LogP contribution is -2.34. The molecule has 1 atom stereocenters. The van der Waals surface area contributed by atoms with Crippen molar-refractivity contribution >= 4 is 17.5 Å². The number of hydrogen-bond acceptors (Lipinski definition) is 1. The number of nitrogens with zero attached hydrogens (tertiary/aromatic N) is 1. The molecule has 0 saturated heterocycles. The molecule has 3 rings (SSSR count). The lowest BCUT2D eigenvalue weighted by atomic mass is 10.1. The number of rotatable bonds is 2. The number of carbonyl (C=O) groups excluding carboxylic acids is 1. The van der Waals surface area contributed by atoms with E-state index in [-0.39, 0.29) is 5.91 Å². The molecule has 0 unspecified atom stereocenters. The minimum atomic E-state index is 0.111. The van der Waals surface area contributed by atoms with Gasteiger partial charge >= 0.3 is 0 Å². The monoisotopic (exact) mass is 235 g/mol. The van der Waals surface area contributed by atoms with Crippen LogP contribution >= 0.6 is 11.6 Å². The molecule has 1 heterocycles. The highest BCUT2D eigenvalue weighted by molar-refractivity contribution is 6.34. The van der Waals surface area contributed by atoms with Crippen LogP contribution in [-0.2, 0) is 6.54 Å². The Morgan fingerprint density at radius 2 is 2.19 bits per heavy atom. The second-order valence-corrected chi connectivity index (χ2v) is 5.19. The van der Waals surface area contributed by atoms with Gasteiger partial charge in [-0.2, -0.15) is 0 Å². The van der Waals surface area contributed by atoms with Crippen molar-refractivity contribution in [2.75, 3.05) is 0 Å². The first-order chi connectivity index (χ1) is 7.68. The minimum absolute atomic E-state index is 0.111. The first-order valence-corrected chi connectivity index (χ1v) is 6.14. The summed E-state index contributed by atoms with van der Waals surface area (Å²) in [6.07, 6.45) is 2.52. The molecule has 1 saturated carbocycles. The average Bonchev–Trinajstić information content (AvgIpc) is 3.04. The number of hydrogen-bond donors (Lipinski definition) is 0. The zero-order valence-corrected chi connectivity index (χ0v) is 10.00. The van der Waals surface area contributed by atoms with Gasteiger partial charge in [-0.15, -0.1) is 0 Å². The van der Waals surface area contributed by atoms with Gasteiger partial charge in [0.25, 0.3) is 5.91 Å². The highest BCUT2D eigenvalue weighted by Gasteiger charge is 2.39. The fraction of sp³-hybridized carbons (Fsp3) is 0.462. The van der Waals surface area contributed by atoms with Gasteiger partial charge in [0.1, 0.15) is 0 Å². The maximum absolute atomic E-state index is 12.2. The molecule has 2 aliphatic rings. The maximum Gasteiger partial charge on any atom is 0.256 e. The molecule has 16 heavy (non-hydrogen) atoms. The molecule has 84 valence electrons. The lowest BCUT2D eigenvalue weighted by Gasteiger charge is -2.23. The van der Waals surface area contributed by atoms with Crippen LogP contribution < -0.4 is 0 Å². The fourth-order valence-corrected chi connectivity index (χ4v) is 2.78. The molecule has 3 heteroatoms. The summed E-state index contributed by atoms with van der Waals surface area (Å²) in [6.45, 7) is 2.88. The van der Waals surface area contributed by atoms with Crippen LogP contribution in [0.2, 0.25) is 5.02 Å². The molecule has 2 nitrogen and oxygen atoms in total. The third-order valence-electron chi connectivity index (χ3n) is 3.71. The molecule has 1 aliphatic heterocycles. The smallest absolute Gasteiger partial charge is 0.256 e. The predicted octanol–water partition coefficient (Wildman–Crippen LogP) is 3.09. The van der Waals surface area contributed by atoms with E-state index >= 15 is 0 Å². The van der Waals surface area contributed by atoms with E-state index in [9.17, 15) is 4.79 Å². The summed E-state index contributed by atoms with van der Waals surface area (Å²) < 4.78 is 0. The largest absolute Gasteiger partial charge is 0.331 e. The summed E-state index contributed by atoms with van der Waals surface area (Å²) >= 11 is 6.08. The van der Waals surface area contributed by atoms with Crippen LogP contribution in [-0.4, -0.2) is 16.8 Å². The van der Waals surface area contributed by atoms with Crippen LogP contribution in [0.1, 0.15) is 35.7 Å². The molecular weight excluding hydrogens is 222 g/mol.